The summed E-state index contributed by atoms with van der Waals surface area (Å²) in [5, 5.41) is 2.80. The van der Waals surface area contributed by atoms with Gasteiger partial charge in [0, 0.05) is 24.5 Å². The molecule has 4 nitrogen and oxygen atoms in total. The van der Waals surface area contributed by atoms with E-state index in [1.807, 2.05) is 30.3 Å². The highest BCUT2D eigenvalue weighted by Crippen LogP contribution is 2.22. The Bertz CT molecular complexity index is 835. The van der Waals surface area contributed by atoms with E-state index in [4.69, 9.17) is 0 Å². The van der Waals surface area contributed by atoms with Crippen molar-refractivity contribution in [3.8, 4) is 11.1 Å². The molecular formula is C20H18FN3O. The second-order valence-electron chi connectivity index (χ2n) is 5.61. The summed E-state index contributed by atoms with van der Waals surface area (Å²) in [6.45, 7) is 0.548. The van der Waals surface area contributed by atoms with Crippen molar-refractivity contribution >= 4 is 5.91 Å². The first-order valence-electron chi connectivity index (χ1n) is 8.13. The van der Waals surface area contributed by atoms with E-state index in [0.717, 1.165) is 24.0 Å². The number of benzene rings is 2. The van der Waals surface area contributed by atoms with Crippen molar-refractivity contribution in [2.24, 2.45) is 0 Å². The zero-order valence-electron chi connectivity index (χ0n) is 13.7. The van der Waals surface area contributed by atoms with E-state index in [0.29, 0.717) is 12.1 Å². The molecule has 25 heavy (non-hydrogen) atoms. The van der Waals surface area contributed by atoms with Crippen LogP contribution in [0.4, 0.5) is 4.39 Å². The molecule has 1 aromatic heterocycles. The fourth-order valence-electron chi connectivity index (χ4n) is 2.54. The van der Waals surface area contributed by atoms with E-state index in [1.54, 1.807) is 30.6 Å². The molecule has 0 atom stereocenters. The van der Waals surface area contributed by atoms with Crippen molar-refractivity contribution in [1.29, 1.82) is 0 Å². The molecule has 0 saturated heterocycles. The number of rotatable bonds is 6. The summed E-state index contributed by atoms with van der Waals surface area (Å²) in [6, 6.07) is 16.2. The maximum atomic E-state index is 13.8. The highest BCUT2D eigenvalue weighted by molar-refractivity contribution is 5.90. The first-order valence-corrected chi connectivity index (χ1v) is 8.13. The van der Waals surface area contributed by atoms with Gasteiger partial charge in [0.15, 0.2) is 0 Å². The fraction of sp³-hybridized carbons (Fsp3) is 0.150. The Morgan fingerprint density at radius 1 is 0.960 bits per heavy atom. The highest BCUT2D eigenvalue weighted by atomic mass is 19.1. The van der Waals surface area contributed by atoms with Gasteiger partial charge in [-0.15, -0.1) is 0 Å². The monoisotopic (exact) mass is 335 g/mol. The predicted octanol–water partition coefficient (Wildman–Crippen LogP) is 3.65. The second kappa shape index (κ2) is 8.15. The molecule has 1 amide bonds. The van der Waals surface area contributed by atoms with Crippen LogP contribution in [0.2, 0.25) is 0 Å². The summed E-state index contributed by atoms with van der Waals surface area (Å²) in [6.07, 6.45) is 4.71. The Kier molecular flexibility index (Phi) is 5.46. The van der Waals surface area contributed by atoms with Gasteiger partial charge in [0.1, 0.15) is 5.82 Å². The largest absolute Gasteiger partial charge is 0.349 e. The molecule has 0 bridgehead atoms. The molecule has 126 valence electrons. The first-order chi connectivity index (χ1) is 12.2. The molecule has 0 radical (unpaired) electrons. The van der Waals surface area contributed by atoms with E-state index < -0.39 is 0 Å². The standard InChI is InChI=1S/C20H18FN3O/c21-18-7-2-1-6-17(18)16-10-8-15(9-11-16)5-3-12-24-20(25)19-22-13-4-14-23-19/h1-2,4,6-11,13-14H,3,5,12H2,(H,24,25). The summed E-state index contributed by atoms with van der Waals surface area (Å²) >= 11 is 0. The predicted molar refractivity (Wildman–Crippen MR) is 94.5 cm³/mol. The number of aryl methyl sites for hydroxylation is 1. The molecule has 0 aliphatic rings. The number of halogens is 1. The first kappa shape index (κ1) is 16.8. The van der Waals surface area contributed by atoms with E-state index >= 15 is 0 Å². The van der Waals surface area contributed by atoms with E-state index in [-0.39, 0.29) is 17.5 Å². The number of carbonyl (C=O) groups is 1. The topological polar surface area (TPSA) is 54.9 Å². The molecule has 0 spiro atoms. The van der Waals surface area contributed by atoms with Crippen molar-refractivity contribution in [1.82, 2.24) is 15.3 Å². The third-order valence-electron chi connectivity index (χ3n) is 3.84. The van der Waals surface area contributed by atoms with Crippen LogP contribution in [0.25, 0.3) is 11.1 Å². The fourth-order valence-corrected chi connectivity index (χ4v) is 2.54. The van der Waals surface area contributed by atoms with Crippen LogP contribution >= 0.6 is 0 Å². The summed E-state index contributed by atoms with van der Waals surface area (Å²) < 4.78 is 13.8. The summed E-state index contributed by atoms with van der Waals surface area (Å²) in [7, 11) is 0. The summed E-state index contributed by atoms with van der Waals surface area (Å²) in [5.74, 6) is -0.312. The number of carbonyl (C=O) groups excluding carboxylic acids is 1. The highest BCUT2D eigenvalue weighted by Gasteiger charge is 2.07. The van der Waals surface area contributed by atoms with Crippen LogP contribution in [0, 0.1) is 5.82 Å². The lowest BCUT2D eigenvalue weighted by Crippen LogP contribution is -2.26. The van der Waals surface area contributed by atoms with Crippen LogP contribution in [-0.2, 0) is 6.42 Å². The molecule has 0 fully saturated rings. The summed E-state index contributed by atoms with van der Waals surface area (Å²) in [4.78, 5) is 19.6. The van der Waals surface area contributed by atoms with Gasteiger partial charge in [-0.05, 0) is 36.1 Å². The van der Waals surface area contributed by atoms with Gasteiger partial charge >= 0.3 is 0 Å². The SMILES string of the molecule is O=C(NCCCc1ccc(-c2ccccc2F)cc1)c1ncccn1. The van der Waals surface area contributed by atoms with Gasteiger partial charge in [-0.1, -0.05) is 42.5 Å². The Morgan fingerprint density at radius 3 is 2.40 bits per heavy atom. The molecule has 1 N–H and O–H groups in total. The second-order valence-corrected chi connectivity index (χ2v) is 5.61. The van der Waals surface area contributed by atoms with Crippen LogP contribution in [-0.4, -0.2) is 22.4 Å². The van der Waals surface area contributed by atoms with Gasteiger partial charge < -0.3 is 5.32 Å². The molecule has 0 aliphatic heterocycles. The number of amides is 1. The Balaban J connectivity index is 1.49. The summed E-state index contributed by atoms with van der Waals surface area (Å²) in [5.41, 5.74) is 2.60. The van der Waals surface area contributed by atoms with Crippen molar-refractivity contribution < 1.29 is 9.18 Å². The van der Waals surface area contributed by atoms with Gasteiger partial charge in [0.25, 0.3) is 5.91 Å². The van der Waals surface area contributed by atoms with Crippen molar-refractivity contribution in [2.45, 2.75) is 12.8 Å². The lowest BCUT2D eigenvalue weighted by molar-refractivity contribution is 0.0942. The Hall–Kier alpha value is -3.08. The minimum atomic E-state index is -0.268. The smallest absolute Gasteiger partial charge is 0.289 e. The van der Waals surface area contributed by atoms with Crippen LogP contribution in [0.3, 0.4) is 0 Å². The lowest BCUT2D eigenvalue weighted by atomic mass is 10.0. The molecule has 3 rings (SSSR count). The zero-order valence-corrected chi connectivity index (χ0v) is 13.7. The van der Waals surface area contributed by atoms with Crippen LogP contribution in [0.5, 0.6) is 0 Å². The number of hydrogen-bond acceptors (Lipinski definition) is 3. The maximum Gasteiger partial charge on any atom is 0.289 e. The van der Waals surface area contributed by atoms with Crippen LogP contribution in [0.15, 0.2) is 67.0 Å². The minimum absolute atomic E-state index is 0.178. The Labute approximate surface area is 145 Å². The number of aromatic nitrogens is 2. The molecule has 0 unspecified atom stereocenters. The molecular weight excluding hydrogens is 317 g/mol. The maximum absolute atomic E-state index is 13.8. The molecule has 0 saturated carbocycles. The van der Waals surface area contributed by atoms with Crippen molar-refractivity contribution in [3.05, 3.63) is 84.2 Å². The van der Waals surface area contributed by atoms with E-state index in [2.05, 4.69) is 15.3 Å². The number of nitrogens with one attached hydrogen (secondary N) is 1. The van der Waals surface area contributed by atoms with Crippen molar-refractivity contribution in [3.63, 3.8) is 0 Å². The van der Waals surface area contributed by atoms with Gasteiger partial charge in [-0.3, -0.25) is 4.79 Å². The zero-order chi connectivity index (χ0) is 17.5. The molecule has 0 aliphatic carbocycles. The van der Waals surface area contributed by atoms with Crippen LogP contribution < -0.4 is 5.32 Å². The van der Waals surface area contributed by atoms with Gasteiger partial charge in [0.05, 0.1) is 0 Å². The van der Waals surface area contributed by atoms with Gasteiger partial charge in [-0.2, -0.15) is 0 Å². The third kappa shape index (κ3) is 4.47. The average Bonchev–Trinajstić information content (AvgIpc) is 2.67. The van der Waals surface area contributed by atoms with Crippen LogP contribution in [0.1, 0.15) is 22.6 Å². The van der Waals surface area contributed by atoms with E-state index in [1.165, 1.54) is 6.07 Å². The molecule has 5 heteroatoms. The molecule has 1 heterocycles. The normalized spacial score (nSPS) is 10.4. The van der Waals surface area contributed by atoms with Crippen molar-refractivity contribution in [2.75, 3.05) is 6.54 Å². The lowest BCUT2D eigenvalue weighted by Gasteiger charge is -2.06. The Morgan fingerprint density at radius 2 is 1.68 bits per heavy atom. The number of hydrogen-bond donors (Lipinski definition) is 1. The van der Waals surface area contributed by atoms with Gasteiger partial charge in [0.2, 0.25) is 5.82 Å². The third-order valence-corrected chi connectivity index (χ3v) is 3.84. The molecule has 2 aromatic carbocycles. The van der Waals surface area contributed by atoms with Gasteiger partial charge in [-0.25, -0.2) is 14.4 Å². The van der Waals surface area contributed by atoms with E-state index in [9.17, 15) is 9.18 Å². The number of nitrogens with zero attached hydrogens (tertiary/aromatic N) is 2. The molecule has 3 aromatic rings. The quantitative estimate of drug-likeness (QED) is 0.700. The minimum Gasteiger partial charge on any atom is -0.349 e. The average molecular weight is 335 g/mol.